The van der Waals surface area contributed by atoms with Crippen LogP contribution in [-0.4, -0.2) is 68.6 Å². The highest BCUT2D eigenvalue weighted by Crippen LogP contribution is 2.63. The first kappa shape index (κ1) is 21.0. The van der Waals surface area contributed by atoms with Gasteiger partial charge >= 0.3 is 5.97 Å². The summed E-state index contributed by atoms with van der Waals surface area (Å²) < 4.78 is 4.96. The number of fused-ring (bicyclic) bond motifs is 1. The molecule has 0 aromatic carbocycles. The molecule has 0 spiro atoms. The van der Waals surface area contributed by atoms with Crippen molar-refractivity contribution in [1.29, 1.82) is 0 Å². The third-order valence-electron chi connectivity index (χ3n) is 8.12. The summed E-state index contributed by atoms with van der Waals surface area (Å²) in [4.78, 5) is 11.9. The predicted octanol–water partition coefficient (Wildman–Crippen LogP) is 0.208. The van der Waals surface area contributed by atoms with Gasteiger partial charge in [-0.15, -0.1) is 0 Å². The maximum Gasteiger partial charge on any atom is 0.311 e. The van der Waals surface area contributed by atoms with Crippen molar-refractivity contribution in [1.82, 2.24) is 0 Å². The van der Waals surface area contributed by atoms with Gasteiger partial charge in [-0.1, -0.05) is 20.8 Å². The lowest BCUT2D eigenvalue weighted by molar-refractivity contribution is -0.257. The molecule has 0 bridgehead atoms. The number of aliphatic hydroxyl groups excluding tert-OH is 4. The lowest BCUT2D eigenvalue weighted by Crippen LogP contribution is -2.68. The van der Waals surface area contributed by atoms with Gasteiger partial charge in [0.05, 0.1) is 37.4 Å². The van der Waals surface area contributed by atoms with Crippen LogP contribution in [0.1, 0.15) is 52.9 Å². The minimum absolute atomic E-state index is 0.0903. The van der Waals surface area contributed by atoms with Gasteiger partial charge < -0.3 is 30.3 Å². The molecule has 3 aliphatic rings. The zero-order valence-corrected chi connectivity index (χ0v) is 16.5. The van der Waals surface area contributed by atoms with Crippen molar-refractivity contribution in [2.75, 3.05) is 13.2 Å². The van der Waals surface area contributed by atoms with Crippen molar-refractivity contribution in [2.24, 2.45) is 28.6 Å². The Kier molecular flexibility index (Phi) is 5.41. The summed E-state index contributed by atoms with van der Waals surface area (Å²) >= 11 is 0. The number of hydrogen-bond donors (Lipinski definition) is 5. The Hall–Kier alpha value is -0.730. The quantitative estimate of drug-likeness (QED) is 0.437. The van der Waals surface area contributed by atoms with Crippen LogP contribution in [0.15, 0.2) is 0 Å². The number of carbonyl (C=O) groups excluding carboxylic acids is 1. The molecule has 0 aromatic heterocycles. The fourth-order valence-corrected chi connectivity index (χ4v) is 6.25. The number of rotatable bonds is 4. The Morgan fingerprint density at radius 1 is 1.19 bits per heavy atom. The van der Waals surface area contributed by atoms with E-state index in [1.807, 2.05) is 20.8 Å². The molecule has 0 radical (unpaired) electrons. The van der Waals surface area contributed by atoms with E-state index in [-0.39, 0.29) is 25.4 Å². The number of carbonyl (C=O) groups is 1. The Morgan fingerprint density at radius 3 is 2.41 bits per heavy atom. The SMILES string of the molecule is CC1(C)[C@@H](O)CC[C@]2(C)[C@@H](CC(O)[C@H]3CCOC3=O)[C@](O)(CO)[C@@H](O)C[C@@H]12. The summed E-state index contributed by atoms with van der Waals surface area (Å²) in [5, 5.41) is 53.2. The number of esters is 1. The normalized spacial score (nSPS) is 48.0. The first-order valence-corrected chi connectivity index (χ1v) is 10.0. The summed E-state index contributed by atoms with van der Waals surface area (Å²) in [5.74, 6) is -1.79. The predicted molar refractivity (Wildman–Crippen MR) is 96.5 cm³/mol. The molecule has 156 valence electrons. The Balaban J connectivity index is 1.96. The number of cyclic esters (lactones) is 1. The molecule has 0 aromatic rings. The largest absolute Gasteiger partial charge is 0.465 e. The van der Waals surface area contributed by atoms with Gasteiger partial charge in [0.25, 0.3) is 0 Å². The molecule has 1 aliphatic heterocycles. The van der Waals surface area contributed by atoms with E-state index in [0.717, 1.165) is 0 Å². The van der Waals surface area contributed by atoms with E-state index in [0.29, 0.717) is 19.3 Å². The number of ether oxygens (including phenoxy) is 1. The third-order valence-corrected chi connectivity index (χ3v) is 8.12. The monoisotopic (exact) mass is 386 g/mol. The molecule has 2 saturated carbocycles. The second kappa shape index (κ2) is 6.95. The molecule has 5 N–H and O–H groups in total. The van der Waals surface area contributed by atoms with Gasteiger partial charge in [-0.3, -0.25) is 4.79 Å². The third kappa shape index (κ3) is 3.12. The molecule has 8 atom stereocenters. The van der Waals surface area contributed by atoms with Gasteiger partial charge in [0.2, 0.25) is 0 Å². The van der Waals surface area contributed by atoms with Crippen molar-refractivity contribution >= 4 is 5.97 Å². The molecule has 7 heteroatoms. The Bertz CT molecular complexity index is 579. The van der Waals surface area contributed by atoms with Crippen molar-refractivity contribution in [3.05, 3.63) is 0 Å². The molecule has 1 heterocycles. The second-order valence-electron chi connectivity index (χ2n) is 9.75. The Labute approximate surface area is 160 Å². The van der Waals surface area contributed by atoms with Crippen LogP contribution in [0.4, 0.5) is 0 Å². The van der Waals surface area contributed by atoms with Crippen molar-refractivity contribution < 1.29 is 35.1 Å². The van der Waals surface area contributed by atoms with Crippen LogP contribution < -0.4 is 0 Å². The van der Waals surface area contributed by atoms with Gasteiger partial charge in [0, 0.05) is 5.92 Å². The lowest BCUT2D eigenvalue weighted by Gasteiger charge is -2.64. The molecule has 2 aliphatic carbocycles. The summed E-state index contributed by atoms with van der Waals surface area (Å²) in [7, 11) is 0. The minimum Gasteiger partial charge on any atom is -0.465 e. The summed E-state index contributed by atoms with van der Waals surface area (Å²) in [6, 6.07) is 0. The highest BCUT2D eigenvalue weighted by molar-refractivity contribution is 5.74. The van der Waals surface area contributed by atoms with Crippen LogP contribution in [0.25, 0.3) is 0 Å². The topological polar surface area (TPSA) is 127 Å². The maximum atomic E-state index is 11.9. The summed E-state index contributed by atoms with van der Waals surface area (Å²) in [6.07, 6.45) is -0.739. The average molecular weight is 386 g/mol. The molecule has 3 fully saturated rings. The van der Waals surface area contributed by atoms with E-state index in [2.05, 4.69) is 0 Å². The lowest BCUT2D eigenvalue weighted by atomic mass is 9.43. The van der Waals surface area contributed by atoms with Crippen molar-refractivity contribution in [3.8, 4) is 0 Å². The van der Waals surface area contributed by atoms with Crippen LogP contribution in [0, 0.1) is 28.6 Å². The van der Waals surface area contributed by atoms with Crippen molar-refractivity contribution in [2.45, 2.75) is 76.8 Å². The maximum absolute atomic E-state index is 11.9. The average Bonchev–Trinajstić information content (AvgIpc) is 3.04. The number of hydrogen-bond acceptors (Lipinski definition) is 7. The van der Waals surface area contributed by atoms with Crippen LogP contribution >= 0.6 is 0 Å². The molecular weight excluding hydrogens is 352 g/mol. The van der Waals surface area contributed by atoms with E-state index in [1.54, 1.807) is 0 Å². The zero-order valence-electron chi connectivity index (χ0n) is 16.5. The van der Waals surface area contributed by atoms with Crippen LogP contribution in [0.2, 0.25) is 0 Å². The zero-order chi connectivity index (χ0) is 20.2. The van der Waals surface area contributed by atoms with Gasteiger partial charge in [0.1, 0.15) is 5.60 Å². The molecule has 7 nitrogen and oxygen atoms in total. The molecule has 1 saturated heterocycles. The first-order chi connectivity index (χ1) is 12.5. The van der Waals surface area contributed by atoms with Gasteiger partial charge in [-0.2, -0.15) is 0 Å². The van der Waals surface area contributed by atoms with Crippen LogP contribution in [0.3, 0.4) is 0 Å². The van der Waals surface area contributed by atoms with E-state index in [1.165, 1.54) is 0 Å². The number of aliphatic hydroxyl groups is 5. The van der Waals surface area contributed by atoms with E-state index >= 15 is 0 Å². The standard InChI is InChI=1S/C20H34O7/c1-18(2)13-9-16(24)20(26,10-21)14(19(13,3)6-4-15(18)23)8-12(22)11-5-7-27-17(11)25/h11-16,21-24,26H,4-10H2,1-3H3/t11-,12?,13+,14-,15+,16+,19+,20-/m1/s1. The first-order valence-electron chi connectivity index (χ1n) is 10.0. The van der Waals surface area contributed by atoms with E-state index in [4.69, 9.17) is 4.74 Å². The van der Waals surface area contributed by atoms with Gasteiger partial charge in [-0.05, 0) is 48.9 Å². The van der Waals surface area contributed by atoms with Crippen LogP contribution in [-0.2, 0) is 9.53 Å². The molecule has 0 amide bonds. The molecule has 3 rings (SSSR count). The van der Waals surface area contributed by atoms with Crippen LogP contribution in [0.5, 0.6) is 0 Å². The van der Waals surface area contributed by atoms with E-state index < -0.39 is 59.2 Å². The smallest absolute Gasteiger partial charge is 0.311 e. The Morgan fingerprint density at radius 2 is 1.85 bits per heavy atom. The fraction of sp³-hybridized carbons (Fsp3) is 0.950. The van der Waals surface area contributed by atoms with E-state index in [9.17, 15) is 30.3 Å². The van der Waals surface area contributed by atoms with Gasteiger partial charge in [0.15, 0.2) is 0 Å². The highest BCUT2D eigenvalue weighted by Gasteiger charge is 2.64. The second-order valence-corrected chi connectivity index (χ2v) is 9.75. The van der Waals surface area contributed by atoms with Crippen molar-refractivity contribution in [3.63, 3.8) is 0 Å². The summed E-state index contributed by atoms with van der Waals surface area (Å²) in [5.41, 5.74) is -2.73. The highest BCUT2D eigenvalue weighted by atomic mass is 16.5. The summed E-state index contributed by atoms with van der Waals surface area (Å²) in [6.45, 7) is 5.61. The minimum atomic E-state index is -1.76. The molecule has 1 unspecified atom stereocenters. The van der Waals surface area contributed by atoms with Gasteiger partial charge in [-0.25, -0.2) is 0 Å². The fourth-order valence-electron chi connectivity index (χ4n) is 6.25. The molecule has 27 heavy (non-hydrogen) atoms. The molecular formula is C20H34O7.